The molecule has 0 radical (unpaired) electrons. The Kier molecular flexibility index (Phi) is 4.30. The number of hydrogen-bond acceptors (Lipinski definition) is 4. The zero-order valence-electron chi connectivity index (χ0n) is 12.6. The van der Waals surface area contributed by atoms with Crippen molar-refractivity contribution in [1.29, 1.82) is 0 Å². The summed E-state index contributed by atoms with van der Waals surface area (Å²) in [6, 6.07) is 4.18. The van der Waals surface area contributed by atoms with Crippen LogP contribution in [-0.4, -0.2) is 19.9 Å². The Morgan fingerprint density at radius 2 is 2.05 bits per heavy atom. The van der Waals surface area contributed by atoms with Crippen LogP contribution in [-0.2, 0) is 18.6 Å². The first-order valence-electron chi connectivity index (χ1n) is 7.01. The van der Waals surface area contributed by atoms with Crippen LogP contribution < -0.4 is 0 Å². The van der Waals surface area contributed by atoms with Gasteiger partial charge in [0.25, 0.3) is 0 Å². The van der Waals surface area contributed by atoms with E-state index in [1.807, 2.05) is 0 Å². The molecular weight excluding hydrogens is 270 g/mol. The highest BCUT2D eigenvalue weighted by Gasteiger charge is 2.43. The second kappa shape index (κ2) is 5.66. The zero-order chi connectivity index (χ0) is 14.8. The number of nitrogens with zero attached hydrogens (tertiary/aromatic N) is 3. The van der Waals surface area contributed by atoms with Gasteiger partial charge in [-0.15, -0.1) is 11.3 Å². The molecule has 0 aliphatic rings. The van der Waals surface area contributed by atoms with Gasteiger partial charge in [-0.1, -0.05) is 34.1 Å². The van der Waals surface area contributed by atoms with Crippen LogP contribution in [0.15, 0.2) is 24.8 Å². The summed E-state index contributed by atoms with van der Waals surface area (Å²) in [6.45, 7) is 8.77. The quantitative estimate of drug-likeness (QED) is 0.921. The third-order valence-electron chi connectivity index (χ3n) is 3.66. The lowest BCUT2D eigenvalue weighted by atomic mass is 9.75. The Hall–Kier alpha value is -1.20. The molecule has 110 valence electrons. The van der Waals surface area contributed by atoms with Gasteiger partial charge in [0.05, 0.1) is 6.54 Å². The molecule has 2 heterocycles. The summed E-state index contributed by atoms with van der Waals surface area (Å²) in [5.41, 5.74) is -1.23. The summed E-state index contributed by atoms with van der Waals surface area (Å²) in [5, 5.41) is 15.4. The van der Waals surface area contributed by atoms with Crippen LogP contribution in [0.1, 0.15) is 43.9 Å². The topological polar surface area (TPSA) is 50.9 Å². The van der Waals surface area contributed by atoms with Gasteiger partial charge in [0, 0.05) is 9.75 Å². The summed E-state index contributed by atoms with van der Waals surface area (Å²) >= 11 is 1.70. The Morgan fingerprint density at radius 3 is 2.60 bits per heavy atom. The van der Waals surface area contributed by atoms with Gasteiger partial charge in [-0.05, 0) is 24.0 Å². The average Bonchev–Trinajstić information content (AvgIpc) is 2.99. The number of thiophene rings is 1. The molecule has 0 bridgehead atoms. The fourth-order valence-corrected chi connectivity index (χ4v) is 3.61. The highest BCUT2D eigenvalue weighted by Crippen LogP contribution is 2.43. The van der Waals surface area contributed by atoms with Crippen LogP contribution in [0.2, 0.25) is 0 Å². The van der Waals surface area contributed by atoms with E-state index in [1.54, 1.807) is 22.3 Å². The third kappa shape index (κ3) is 2.94. The molecule has 2 aromatic heterocycles. The van der Waals surface area contributed by atoms with E-state index in [0.29, 0.717) is 6.54 Å². The molecule has 1 atom stereocenters. The minimum atomic E-state index is -0.947. The maximum absolute atomic E-state index is 11.3. The van der Waals surface area contributed by atoms with E-state index in [9.17, 15) is 5.11 Å². The predicted octanol–water partition coefficient (Wildman–Crippen LogP) is 3.23. The maximum atomic E-state index is 11.3. The van der Waals surface area contributed by atoms with E-state index >= 15 is 0 Å². The summed E-state index contributed by atoms with van der Waals surface area (Å²) in [6.07, 6.45) is 5.34. The lowest BCUT2D eigenvalue weighted by Crippen LogP contribution is -2.43. The van der Waals surface area contributed by atoms with Crippen molar-refractivity contribution < 1.29 is 5.11 Å². The Morgan fingerprint density at radius 1 is 1.30 bits per heavy atom. The largest absolute Gasteiger partial charge is 0.382 e. The van der Waals surface area contributed by atoms with E-state index in [1.165, 1.54) is 11.2 Å². The number of aliphatic hydroxyl groups is 1. The highest BCUT2D eigenvalue weighted by molar-refractivity contribution is 7.12. The van der Waals surface area contributed by atoms with Crippen LogP contribution in [0.5, 0.6) is 0 Å². The van der Waals surface area contributed by atoms with Crippen LogP contribution in [0.4, 0.5) is 0 Å². The van der Waals surface area contributed by atoms with Gasteiger partial charge in [0.15, 0.2) is 0 Å². The average molecular weight is 293 g/mol. The highest BCUT2D eigenvalue weighted by atomic mass is 32.1. The fraction of sp³-hybridized carbons (Fsp3) is 0.600. The molecule has 0 aliphatic heterocycles. The Bertz CT molecular complexity index is 542. The standard InChI is InChI=1S/C15H23N3OS/c1-5-6-12-7-8-13(20-12)15(19,14(2,3)4)9-18-11-16-10-17-18/h7-8,10-11,19H,5-6,9H2,1-4H3. The summed E-state index contributed by atoms with van der Waals surface area (Å²) in [4.78, 5) is 6.29. The van der Waals surface area contributed by atoms with E-state index in [2.05, 4.69) is 49.9 Å². The molecule has 1 unspecified atom stereocenters. The van der Waals surface area contributed by atoms with Gasteiger partial charge in [-0.2, -0.15) is 5.10 Å². The number of rotatable bonds is 5. The molecular formula is C15H23N3OS. The van der Waals surface area contributed by atoms with Crippen molar-refractivity contribution in [2.75, 3.05) is 0 Å². The van der Waals surface area contributed by atoms with Crippen molar-refractivity contribution in [3.05, 3.63) is 34.5 Å². The lowest BCUT2D eigenvalue weighted by molar-refractivity contribution is -0.0774. The molecule has 0 amide bonds. The molecule has 1 N–H and O–H groups in total. The van der Waals surface area contributed by atoms with E-state index < -0.39 is 5.60 Å². The Balaban J connectivity index is 2.35. The van der Waals surface area contributed by atoms with Gasteiger partial charge < -0.3 is 5.11 Å². The Labute approximate surface area is 124 Å². The van der Waals surface area contributed by atoms with Gasteiger partial charge in [-0.25, -0.2) is 9.67 Å². The molecule has 2 rings (SSSR count). The molecule has 0 aliphatic carbocycles. The predicted molar refractivity (Wildman–Crippen MR) is 81.7 cm³/mol. The van der Waals surface area contributed by atoms with Crippen LogP contribution in [0.3, 0.4) is 0 Å². The zero-order valence-corrected chi connectivity index (χ0v) is 13.4. The van der Waals surface area contributed by atoms with Crippen molar-refractivity contribution in [3.63, 3.8) is 0 Å². The molecule has 5 heteroatoms. The minimum absolute atomic E-state index is 0.284. The van der Waals surface area contributed by atoms with Crippen molar-refractivity contribution in [2.45, 2.75) is 52.7 Å². The summed E-state index contributed by atoms with van der Waals surface area (Å²) < 4.78 is 1.70. The van der Waals surface area contributed by atoms with E-state index in [0.717, 1.165) is 17.7 Å². The first-order valence-corrected chi connectivity index (χ1v) is 7.82. The van der Waals surface area contributed by atoms with Gasteiger partial charge >= 0.3 is 0 Å². The van der Waals surface area contributed by atoms with Crippen LogP contribution >= 0.6 is 11.3 Å². The molecule has 20 heavy (non-hydrogen) atoms. The molecule has 0 fully saturated rings. The second-order valence-electron chi connectivity index (χ2n) is 6.22. The molecule has 2 aromatic rings. The first kappa shape index (κ1) is 15.2. The summed E-state index contributed by atoms with van der Waals surface area (Å²) in [7, 11) is 0. The number of hydrogen-bond donors (Lipinski definition) is 1. The van der Waals surface area contributed by atoms with Crippen molar-refractivity contribution >= 4 is 11.3 Å². The van der Waals surface area contributed by atoms with Gasteiger partial charge in [-0.3, -0.25) is 0 Å². The van der Waals surface area contributed by atoms with Crippen molar-refractivity contribution in [1.82, 2.24) is 14.8 Å². The normalized spacial score (nSPS) is 15.2. The maximum Gasteiger partial charge on any atom is 0.137 e. The molecule has 0 saturated carbocycles. The van der Waals surface area contributed by atoms with Crippen molar-refractivity contribution in [2.24, 2.45) is 5.41 Å². The third-order valence-corrected chi connectivity index (χ3v) is 4.96. The van der Waals surface area contributed by atoms with E-state index in [-0.39, 0.29) is 5.41 Å². The van der Waals surface area contributed by atoms with E-state index in [4.69, 9.17) is 0 Å². The first-order chi connectivity index (χ1) is 9.37. The molecule has 4 nitrogen and oxygen atoms in total. The molecule has 0 saturated heterocycles. The van der Waals surface area contributed by atoms with Crippen LogP contribution in [0, 0.1) is 5.41 Å². The van der Waals surface area contributed by atoms with Gasteiger partial charge in [0.2, 0.25) is 0 Å². The van der Waals surface area contributed by atoms with Crippen molar-refractivity contribution in [3.8, 4) is 0 Å². The van der Waals surface area contributed by atoms with Gasteiger partial charge in [0.1, 0.15) is 18.3 Å². The smallest absolute Gasteiger partial charge is 0.137 e. The summed E-state index contributed by atoms with van der Waals surface area (Å²) in [5.74, 6) is 0. The molecule has 0 aromatic carbocycles. The van der Waals surface area contributed by atoms with Crippen LogP contribution in [0.25, 0.3) is 0 Å². The monoisotopic (exact) mass is 293 g/mol. The lowest BCUT2D eigenvalue weighted by Gasteiger charge is -2.39. The number of aromatic nitrogens is 3. The minimum Gasteiger partial charge on any atom is -0.382 e. The SMILES string of the molecule is CCCc1ccc(C(O)(Cn2cncn2)C(C)(C)C)s1. The molecule has 0 spiro atoms. The second-order valence-corrected chi connectivity index (χ2v) is 7.39. The fourth-order valence-electron chi connectivity index (χ4n) is 2.21. The number of aryl methyl sites for hydroxylation is 1.